The Morgan fingerprint density at radius 1 is 1.27 bits per heavy atom. The molecule has 0 saturated carbocycles. The highest BCUT2D eigenvalue weighted by Crippen LogP contribution is 2.27. The lowest BCUT2D eigenvalue weighted by Crippen LogP contribution is -2.24. The van der Waals surface area contributed by atoms with E-state index >= 15 is 0 Å². The van der Waals surface area contributed by atoms with Crippen LogP contribution >= 0.6 is 11.6 Å². The molecule has 2 amide bonds. The van der Waals surface area contributed by atoms with Crippen LogP contribution < -0.4 is 5.32 Å². The van der Waals surface area contributed by atoms with E-state index in [4.69, 9.17) is 16.1 Å². The lowest BCUT2D eigenvalue weighted by atomic mass is 10.1. The molecule has 1 fully saturated rings. The van der Waals surface area contributed by atoms with Crippen LogP contribution in [0.3, 0.4) is 0 Å². The van der Waals surface area contributed by atoms with E-state index in [0.29, 0.717) is 25.3 Å². The van der Waals surface area contributed by atoms with Crippen molar-refractivity contribution in [3.63, 3.8) is 0 Å². The summed E-state index contributed by atoms with van der Waals surface area (Å²) in [7, 11) is 0. The number of aromatic nitrogens is 2. The van der Waals surface area contributed by atoms with Gasteiger partial charge in [0.05, 0.1) is 11.6 Å². The molecule has 0 aliphatic carbocycles. The van der Waals surface area contributed by atoms with Gasteiger partial charge in [-0.3, -0.25) is 9.59 Å². The van der Waals surface area contributed by atoms with Crippen molar-refractivity contribution in [3.8, 4) is 0 Å². The van der Waals surface area contributed by atoms with Crippen LogP contribution in [-0.2, 0) is 17.9 Å². The minimum absolute atomic E-state index is 0.00915. The monoisotopic (exact) mass is 428 g/mol. The summed E-state index contributed by atoms with van der Waals surface area (Å²) in [5.41, 5.74) is 1.28. The van der Waals surface area contributed by atoms with Crippen LogP contribution in [0.1, 0.15) is 40.0 Å². The number of amides is 2. The molecule has 1 aliphatic rings. The van der Waals surface area contributed by atoms with Crippen molar-refractivity contribution in [3.05, 3.63) is 82.2 Å². The van der Waals surface area contributed by atoms with Crippen LogP contribution in [0.5, 0.6) is 0 Å². The van der Waals surface area contributed by atoms with E-state index in [0.717, 1.165) is 11.6 Å². The van der Waals surface area contributed by atoms with Gasteiger partial charge in [-0.2, -0.15) is 4.98 Å². The summed E-state index contributed by atoms with van der Waals surface area (Å²) in [5.74, 6) is -0.501. The lowest BCUT2D eigenvalue weighted by molar-refractivity contribution is -0.128. The van der Waals surface area contributed by atoms with Gasteiger partial charge in [0.15, 0.2) is 5.82 Å². The number of rotatable bonds is 6. The predicted molar refractivity (Wildman–Crippen MR) is 106 cm³/mol. The number of benzene rings is 2. The molecule has 3 aromatic rings. The maximum Gasteiger partial charge on any atom is 0.251 e. The second kappa shape index (κ2) is 8.62. The fourth-order valence-electron chi connectivity index (χ4n) is 3.30. The molecule has 0 bridgehead atoms. The fourth-order valence-corrected chi connectivity index (χ4v) is 3.48. The average molecular weight is 429 g/mol. The Balaban J connectivity index is 1.34. The third-order valence-corrected chi connectivity index (χ3v) is 5.15. The standard InChI is InChI=1S/C21H18ClFN4O3/c22-16-8-14(6-7-17(16)23)21(29)24-10-18-25-20(26-30-18)15-9-19(28)27(12-15)11-13-4-2-1-3-5-13/h1-8,15H,9-12H2,(H,24,29)/t15-/m0/s1. The van der Waals surface area contributed by atoms with Gasteiger partial charge in [0.25, 0.3) is 5.91 Å². The van der Waals surface area contributed by atoms with Crippen molar-refractivity contribution in [1.29, 1.82) is 0 Å². The van der Waals surface area contributed by atoms with Gasteiger partial charge in [0.2, 0.25) is 11.8 Å². The van der Waals surface area contributed by atoms with Crippen molar-refractivity contribution in [2.75, 3.05) is 6.54 Å². The summed E-state index contributed by atoms with van der Waals surface area (Å²) in [6, 6.07) is 13.5. The van der Waals surface area contributed by atoms with Gasteiger partial charge in [-0.05, 0) is 23.8 Å². The largest absolute Gasteiger partial charge is 0.343 e. The zero-order chi connectivity index (χ0) is 21.1. The van der Waals surface area contributed by atoms with E-state index in [9.17, 15) is 14.0 Å². The molecule has 0 spiro atoms. The Morgan fingerprint density at radius 3 is 2.83 bits per heavy atom. The predicted octanol–water partition coefficient (Wildman–Crippen LogP) is 3.31. The Labute approximate surface area is 176 Å². The summed E-state index contributed by atoms with van der Waals surface area (Å²) >= 11 is 5.70. The molecule has 2 heterocycles. The maximum absolute atomic E-state index is 13.2. The smallest absolute Gasteiger partial charge is 0.251 e. The van der Waals surface area contributed by atoms with Crippen molar-refractivity contribution in [2.45, 2.75) is 25.4 Å². The summed E-state index contributed by atoms with van der Waals surface area (Å²) in [6.45, 7) is 1.06. The van der Waals surface area contributed by atoms with Gasteiger partial charge in [-0.25, -0.2) is 4.39 Å². The molecule has 4 rings (SSSR count). The molecular formula is C21H18ClFN4O3. The number of hydrogen-bond acceptors (Lipinski definition) is 5. The third-order valence-electron chi connectivity index (χ3n) is 4.86. The molecule has 0 radical (unpaired) electrons. The number of nitrogens with zero attached hydrogens (tertiary/aromatic N) is 3. The molecule has 1 N–H and O–H groups in total. The Hall–Kier alpha value is -3.26. The van der Waals surface area contributed by atoms with E-state index in [2.05, 4.69) is 15.5 Å². The Bertz CT molecular complexity index is 1070. The van der Waals surface area contributed by atoms with Crippen LogP contribution in [0.25, 0.3) is 0 Å². The zero-order valence-corrected chi connectivity index (χ0v) is 16.6. The first kappa shape index (κ1) is 20.0. The van der Waals surface area contributed by atoms with Crippen molar-refractivity contribution < 1.29 is 18.5 Å². The number of likely N-dealkylation sites (tertiary alicyclic amines) is 1. The van der Waals surface area contributed by atoms with Gasteiger partial charge < -0.3 is 14.7 Å². The van der Waals surface area contributed by atoms with Gasteiger partial charge in [0.1, 0.15) is 5.82 Å². The van der Waals surface area contributed by atoms with E-state index in [-0.39, 0.29) is 34.8 Å². The van der Waals surface area contributed by atoms with Gasteiger partial charge in [-0.1, -0.05) is 47.1 Å². The summed E-state index contributed by atoms with van der Waals surface area (Å²) in [4.78, 5) is 30.6. The van der Waals surface area contributed by atoms with E-state index in [1.807, 2.05) is 30.3 Å². The zero-order valence-electron chi connectivity index (χ0n) is 15.8. The molecule has 2 aromatic carbocycles. The lowest BCUT2D eigenvalue weighted by Gasteiger charge is -2.15. The van der Waals surface area contributed by atoms with Crippen LogP contribution in [-0.4, -0.2) is 33.4 Å². The number of hydrogen-bond donors (Lipinski definition) is 1. The molecular weight excluding hydrogens is 411 g/mol. The quantitative estimate of drug-likeness (QED) is 0.650. The van der Waals surface area contributed by atoms with Crippen LogP contribution in [0, 0.1) is 5.82 Å². The Kier molecular flexibility index (Phi) is 5.76. The summed E-state index contributed by atoms with van der Waals surface area (Å²) in [6.07, 6.45) is 0.312. The highest BCUT2D eigenvalue weighted by molar-refractivity contribution is 6.31. The van der Waals surface area contributed by atoms with Crippen LogP contribution in [0.4, 0.5) is 4.39 Å². The molecule has 1 saturated heterocycles. The molecule has 1 atom stereocenters. The second-order valence-electron chi connectivity index (χ2n) is 7.02. The molecule has 9 heteroatoms. The van der Waals surface area contributed by atoms with E-state index < -0.39 is 11.7 Å². The van der Waals surface area contributed by atoms with Gasteiger partial charge >= 0.3 is 0 Å². The first-order valence-corrected chi connectivity index (χ1v) is 9.75. The van der Waals surface area contributed by atoms with Crippen molar-refractivity contribution in [2.24, 2.45) is 0 Å². The average Bonchev–Trinajstić information content (AvgIpc) is 3.36. The van der Waals surface area contributed by atoms with Gasteiger partial charge in [0, 0.05) is 31.0 Å². The number of carbonyl (C=O) groups is 2. The van der Waals surface area contributed by atoms with E-state index in [1.54, 1.807) is 4.90 Å². The summed E-state index contributed by atoms with van der Waals surface area (Å²) < 4.78 is 18.4. The molecule has 154 valence electrons. The van der Waals surface area contributed by atoms with E-state index in [1.165, 1.54) is 12.1 Å². The van der Waals surface area contributed by atoms with Crippen molar-refractivity contribution in [1.82, 2.24) is 20.4 Å². The van der Waals surface area contributed by atoms with Gasteiger partial charge in [-0.15, -0.1) is 0 Å². The SMILES string of the molecule is O=C(NCc1nc([C@H]2CC(=O)N(Cc3ccccc3)C2)no1)c1ccc(F)c(Cl)c1. The highest BCUT2D eigenvalue weighted by atomic mass is 35.5. The third kappa shape index (κ3) is 4.49. The van der Waals surface area contributed by atoms with Crippen LogP contribution in [0.15, 0.2) is 53.1 Å². The minimum atomic E-state index is -0.595. The molecule has 1 aromatic heterocycles. The van der Waals surface area contributed by atoms with Crippen LogP contribution in [0.2, 0.25) is 5.02 Å². The number of nitrogens with one attached hydrogen (secondary N) is 1. The molecule has 30 heavy (non-hydrogen) atoms. The number of carbonyl (C=O) groups excluding carboxylic acids is 2. The maximum atomic E-state index is 13.2. The second-order valence-corrected chi connectivity index (χ2v) is 7.43. The minimum Gasteiger partial charge on any atom is -0.343 e. The number of halogens is 2. The Morgan fingerprint density at radius 2 is 2.07 bits per heavy atom. The first-order valence-electron chi connectivity index (χ1n) is 9.37. The highest BCUT2D eigenvalue weighted by Gasteiger charge is 2.33. The summed E-state index contributed by atoms with van der Waals surface area (Å²) in [5, 5.41) is 6.46. The molecule has 7 nitrogen and oxygen atoms in total. The molecule has 1 aliphatic heterocycles. The topological polar surface area (TPSA) is 88.3 Å². The fraction of sp³-hybridized carbons (Fsp3) is 0.238. The normalized spacial score (nSPS) is 16.1. The first-order chi connectivity index (χ1) is 14.5. The molecule has 0 unspecified atom stereocenters. The van der Waals surface area contributed by atoms with Crippen molar-refractivity contribution >= 4 is 23.4 Å².